The van der Waals surface area contributed by atoms with Crippen molar-refractivity contribution in [3.8, 4) is 0 Å². The molecule has 3 rings (SSSR count). The van der Waals surface area contributed by atoms with Crippen LogP contribution in [0.25, 0.3) is 0 Å². The van der Waals surface area contributed by atoms with E-state index in [1.54, 1.807) is 0 Å². The number of hydrogen-bond donors (Lipinski definition) is 1. The maximum absolute atomic E-state index is 13.1. The number of carbonyl (C=O) groups excluding carboxylic acids is 1. The lowest BCUT2D eigenvalue weighted by atomic mass is 9.98. The number of amides is 1. The molecular weight excluding hydrogens is 450 g/mol. The third-order valence-electron chi connectivity index (χ3n) is 4.47. The Bertz CT molecular complexity index is 1000. The molecule has 1 aliphatic heterocycles. The van der Waals surface area contributed by atoms with Crippen LogP contribution in [0.2, 0.25) is 15.1 Å². The molecule has 0 aliphatic carbocycles. The summed E-state index contributed by atoms with van der Waals surface area (Å²) in [6.07, 6.45) is 1.05. The maximum atomic E-state index is 13.1. The molecule has 0 saturated carbocycles. The summed E-state index contributed by atoms with van der Waals surface area (Å²) in [5, 5.41) is 3.42. The first-order chi connectivity index (χ1) is 13.2. The van der Waals surface area contributed by atoms with Gasteiger partial charge in [-0.3, -0.25) is 4.79 Å². The third kappa shape index (κ3) is 4.60. The lowest BCUT2D eigenvalue weighted by molar-refractivity contribution is -0.120. The Balaban J connectivity index is 1.75. The summed E-state index contributed by atoms with van der Waals surface area (Å²) >= 11 is 17.9. The van der Waals surface area contributed by atoms with E-state index in [-0.39, 0.29) is 39.0 Å². The van der Waals surface area contributed by atoms with Gasteiger partial charge in [-0.15, -0.1) is 0 Å². The average molecular weight is 466 g/mol. The van der Waals surface area contributed by atoms with Gasteiger partial charge in [-0.25, -0.2) is 12.8 Å². The van der Waals surface area contributed by atoms with Gasteiger partial charge in [-0.2, -0.15) is 4.31 Å². The van der Waals surface area contributed by atoms with Crippen molar-refractivity contribution < 1.29 is 17.6 Å². The van der Waals surface area contributed by atoms with Crippen LogP contribution >= 0.6 is 34.8 Å². The number of anilines is 1. The predicted octanol–water partition coefficient (Wildman–Crippen LogP) is 4.83. The van der Waals surface area contributed by atoms with E-state index < -0.39 is 21.8 Å². The number of rotatable bonds is 4. The van der Waals surface area contributed by atoms with E-state index in [1.807, 2.05) is 0 Å². The second-order valence-electron chi connectivity index (χ2n) is 6.39. The Morgan fingerprint density at radius 2 is 1.71 bits per heavy atom. The molecule has 28 heavy (non-hydrogen) atoms. The van der Waals surface area contributed by atoms with Crippen molar-refractivity contribution in [3.63, 3.8) is 0 Å². The van der Waals surface area contributed by atoms with Crippen LogP contribution in [-0.2, 0) is 14.8 Å². The molecule has 0 unspecified atom stereocenters. The molecule has 150 valence electrons. The zero-order valence-electron chi connectivity index (χ0n) is 14.5. The summed E-state index contributed by atoms with van der Waals surface area (Å²) in [7, 11) is -3.82. The lowest BCUT2D eigenvalue weighted by Gasteiger charge is -2.31. The van der Waals surface area contributed by atoms with Crippen molar-refractivity contribution >= 4 is 56.4 Å². The Morgan fingerprint density at radius 1 is 1.07 bits per heavy atom. The van der Waals surface area contributed by atoms with Crippen LogP contribution in [-0.4, -0.2) is 31.7 Å². The van der Waals surface area contributed by atoms with Gasteiger partial charge in [0.1, 0.15) is 5.82 Å². The molecule has 1 aliphatic rings. The summed E-state index contributed by atoms with van der Waals surface area (Å²) in [4.78, 5) is 12.6. The number of carbonyl (C=O) groups is 1. The highest BCUT2D eigenvalue weighted by atomic mass is 35.5. The summed E-state index contributed by atoms with van der Waals surface area (Å²) < 4.78 is 39.9. The molecule has 0 spiro atoms. The first-order valence-electron chi connectivity index (χ1n) is 8.39. The van der Waals surface area contributed by atoms with Gasteiger partial charge >= 0.3 is 0 Å². The number of benzene rings is 2. The molecule has 1 amide bonds. The van der Waals surface area contributed by atoms with Crippen LogP contribution in [0, 0.1) is 11.7 Å². The first kappa shape index (κ1) is 21.3. The van der Waals surface area contributed by atoms with E-state index in [0.717, 1.165) is 12.1 Å². The highest BCUT2D eigenvalue weighted by Gasteiger charge is 2.33. The number of nitrogens with zero attached hydrogens (tertiary/aromatic N) is 1. The van der Waals surface area contributed by atoms with Crippen molar-refractivity contribution in [1.82, 2.24) is 4.31 Å². The highest BCUT2D eigenvalue weighted by molar-refractivity contribution is 7.89. The summed E-state index contributed by atoms with van der Waals surface area (Å²) in [5.41, 5.74) is 0.305. The first-order valence-corrected chi connectivity index (χ1v) is 11.0. The lowest BCUT2D eigenvalue weighted by Crippen LogP contribution is -2.43. The number of sulfonamides is 1. The van der Waals surface area contributed by atoms with Gasteiger partial charge in [0.2, 0.25) is 15.9 Å². The SMILES string of the molecule is O=C(Nc1cc(Cl)c(Cl)cc1Cl)[C@@H]1CCCN(S(=O)(=O)c2ccc(F)cc2)C1. The Labute approximate surface area is 177 Å². The molecule has 0 aromatic heterocycles. The number of halogens is 4. The van der Waals surface area contributed by atoms with E-state index in [0.29, 0.717) is 18.5 Å². The van der Waals surface area contributed by atoms with Gasteiger partial charge in [0.05, 0.1) is 31.6 Å². The van der Waals surface area contributed by atoms with Gasteiger partial charge in [0, 0.05) is 13.1 Å². The Hall–Kier alpha value is -1.38. The van der Waals surface area contributed by atoms with Crippen LogP contribution < -0.4 is 5.32 Å². The van der Waals surface area contributed by atoms with E-state index in [1.165, 1.54) is 28.6 Å². The normalized spacial score (nSPS) is 18.1. The topological polar surface area (TPSA) is 66.5 Å². The van der Waals surface area contributed by atoms with E-state index in [4.69, 9.17) is 34.8 Å². The van der Waals surface area contributed by atoms with Gasteiger partial charge in [0.25, 0.3) is 0 Å². The van der Waals surface area contributed by atoms with Gasteiger partial charge in [0.15, 0.2) is 0 Å². The molecule has 5 nitrogen and oxygen atoms in total. The average Bonchev–Trinajstić information content (AvgIpc) is 2.66. The molecule has 2 aromatic carbocycles. The second kappa shape index (κ2) is 8.55. The van der Waals surface area contributed by atoms with Crippen molar-refractivity contribution in [1.29, 1.82) is 0 Å². The monoisotopic (exact) mass is 464 g/mol. The fourth-order valence-corrected chi connectivity index (χ4v) is 5.10. The quantitative estimate of drug-likeness (QED) is 0.658. The predicted molar refractivity (Wildman–Crippen MR) is 108 cm³/mol. The zero-order chi connectivity index (χ0) is 20.5. The molecule has 1 atom stereocenters. The van der Waals surface area contributed by atoms with Gasteiger partial charge in [-0.05, 0) is 49.2 Å². The largest absolute Gasteiger partial charge is 0.324 e. The van der Waals surface area contributed by atoms with Crippen LogP contribution in [0.15, 0.2) is 41.3 Å². The van der Waals surface area contributed by atoms with Crippen LogP contribution in [0.4, 0.5) is 10.1 Å². The second-order valence-corrected chi connectivity index (χ2v) is 9.55. The summed E-state index contributed by atoms with van der Waals surface area (Å²) in [6, 6.07) is 7.47. The minimum absolute atomic E-state index is 0.0116. The van der Waals surface area contributed by atoms with Crippen molar-refractivity contribution in [2.24, 2.45) is 5.92 Å². The number of nitrogens with one attached hydrogen (secondary N) is 1. The molecule has 0 radical (unpaired) electrons. The maximum Gasteiger partial charge on any atom is 0.243 e. The van der Waals surface area contributed by atoms with Gasteiger partial charge < -0.3 is 5.32 Å². The smallest absolute Gasteiger partial charge is 0.243 e. The minimum atomic E-state index is -3.82. The van der Waals surface area contributed by atoms with E-state index >= 15 is 0 Å². The molecule has 1 fully saturated rings. The molecule has 0 bridgehead atoms. The van der Waals surface area contributed by atoms with Crippen molar-refractivity contribution in [3.05, 3.63) is 57.3 Å². The third-order valence-corrected chi connectivity index (χ3v) is 7.39. The van der Waals surface area contributed by atoms with Crippen LogP contribution in [0.5, 0.6) is 0 Å². The molecule has 1 saturated heterocycles. The number of piperidine rings is 1. The standard InChI is InChI=1S/C18H16Cl3FN2O3S/c19-14-8-16(21)17(9-15(14)20)23-18(25)11-2-1-7-24(10-11)28(26,27)13-5-3-12(22)4-6-13/h3-6,8-9,11H,1-2,7,10H2,(H,23,25)/t11-/m1/s1. The molecular formula is C18H16Cl3FN2O3S. The zero-order valence-corrected chi connectivity index (χ0v) is 17.5. The highest BCUT2D eigenvalue weighted by Crippen LogP contribution is 2.33. The van der Waals surface area contributed by atoms with Crippen LogP contribution in [0.1, 0.15) is 12.8 Å². The van der Waals surface area contributed by atoms with Crippen molar-refractivity contribution in [2.75, 3.05) is 18.4 Å². The molecule has 10 heteroatoms. The Kier molecular flexibility index (Phi) is 6.51. The fraction of sp³-hybridized carbons (Fsp3) is 0.278. The van der Waals surface area contributed by atoms with Gasteiger partial charge in [-0.1, -0.05) is 34.8 Å². The molecule has 1 N–H and O–H groups in total. The summed E-state index contributed by atoms with van der Waals surface area (Å²) in [5.74, 6) is -1.44. The minimum Gasteiger partial charge on any atom is -0.324 e. The van der Waals surface area contributed by atoms with Crippen LogP contribution in [0.3, 0.4) is 0 Å². The van der Waals surface area contributed by atoms with E-state index in [2.05, 4.69) is 5.32 Å². The van der Waals surface area contributed by atoms with E-state index in [9.17, 15) is 17.6 Å². The van der Waals surface area contributed by atoms with Crippen molar-refractivity contribution in [2.45, 2.75) is 17.7 Å². The summed E-state index contributed by atoms with van der Waals surface area (Å²) in [6.45, 7) is 0.307. The molecule has 1 heterocycles. The fourth-order valence-electron chi connectivity index (χ4n) is 2.98. The Morgan fingerprint density at radius 3 is 2.39 bits per heavy atom. The number of hydrogen-bond acceptors (Lipinski definition) is 3. The molecule has 2 aromatic rings.